The first-order chi connectivity index (χ1) is 8.81. The zero-order valence-corrected chi connectivity index (χ0v) is 10.6. The summed E-state index contributed by atoms with van der Waals surface area (Å²) in [4.78, 5) is 4.31. The maximum atomic E-state index is 5.43. The van der Waals surface area contributed by atoms with Crippen LogP contribution in [-0.2, 0) is 6.42 Å². The lowest BCUT2D eigenvalue weighted by molar-refractivity contribution is 0.561. The van der Waals surface area contributed by atoms with Crippen molar-refractivity contribution in [3.8, 4) is 0 Å². The van der Waals surface area contributed by atoms with Gasteiger partial charge in [-0.1, -0.05) is 15.7 Å². The van der Waals surface area contributed by atoms with Gasteiger partial charge in [0, 0.05) is 25.0 Å². The quantitative estimate of drug-likeness (QED) is 0.774. The second-order valence-corrected chi connectivity index (χ2v) is 4.61. The summed E-state index contributed by atoms with van der Waals surface area (Å²) >= 11 is 1.25. The fourth-order valence-electron chi connectivity index (χ4n) is 1.76. The van der Waals surface area contributed by atoms with E-state index in [9.17, 15) is 0 Å². The van der Waals surface area contributed by atoms with Gasteiger partial charge in [0.2, 0.25) is 5.13 Å². The van der Waals surface area contributed by atoms with Gasteiger partial charge in [-0.25, -0.2) is 4.98 Å². The van der Waals surface area contributed by atoms with Crippen molar-refractivity contribution in [2.75, 3.05) is 11.9 Å². The van der Waals surface area contributed by atoms with Crippen LogP contribution in [-0.4, -0.2) is 26.3 Å². The van der Waals surface area contributed by atoms with E-state index in [0.717, 1.165) is 29.2 Å². The average molecular weight is 261 g/mol. The van der Waals surface area contributed by atoms with Gasteiger partial charge in [0.05, 0.1) is 0 Å². The Balaban J connectivity index is 1.67. The molecule has 0 aliphatic carbocycles. The third-order valence-electron chi connectivity index (χ3n) is 2.55. The van der Waals surface area contributed by atoms with Crippen LogP contribution in [0.1, 0.15) is 11.5 Å². The van der Waals surface area contributed by atoms with Crippen LogP contribution in [0.25, 0.3) is 11.1 Å². The number of rotatable bonds is 4. The Kier molecular flexibility index (Phi) is 2.89. The third kappa shape index (κ3) is 2.30. The molecular formula is C11H11N5OS. The number of fused-ring (bicyclic) bond motifs is 1. The normalized spacial score (nSPS) is 10.9. The van der Waals surface area contributed by atoms with Crippen LogP contribution in [0, 0.1) is 6.92 Å². The zero-order chi connectivity index (χ0) is 12.4. The van der Waals surface area contributed by atoms with Crippen molar-refractivity contribution in [3.63, 3.8) is 0 Å². The van der Waals surface area contributed by atoms with Crippen molar-refractivity contribution in [2.24, 2.45) is 0 Å². The molecule has 3 aromatic rings. The maximum Gasteiger partial charge on any atom is 0.225 e. The Morgan fingerprint density at radius 3 is 3.17 bits per heavy atom. The summed E-state index contributed by atoms with van der Waals surface area (Å²) < 4.78 is 9.12. The molecule has 2 aromatic heterocycles. The lowest BCUT2D eigenvalue weighted by Crippen LogP contribution is -2.04. The highest BCUT2D eigenvalue weighted by atomic mass is 32.1. The van der Waals surface area contributed by atoms with Gasteiger partial charge in [0.25, 0.3) is 0 Å². The summed E-state index contributed by atoms with van der Waals surface area (Å²) in [7, 11) is 0. The van der Waals surface area contributed by atoms with Crippen LogP contribution >= 0.6 is 11.5 Å². The monoisotopic (exact) mass is 261 g/mol. The number of oxazole rings is 1. The molecule has 0 aliphatic rings. The summed E-state index contributed by atoms with van der Waals surface area (Å²) in [6, 6.07) is 6.05. The van der Waals surface area contributed by atoms with E-state index in [0.29, 0.717) is 5.89 Å². The summed E-state index contributed by atoms with van der Waals surface area (Å²) in [5, 5.41) is 11.3. The first-order valence-corrected chi connectivity index (χ1v) is 6.33. The largest absolute Gasteiger partial charge is 0.441 e. The summed E-state index contributed by atoms with van der Waals surface area (Å²) in [6.07, 6.45) is 0.890. The number of aromatic nitrogens is 4. The van der Waals surface area contributed by atoms with Gasteiger partial charge in [0.1, 0.15) is 5.52 Å². The lowest BCUT2D eigenvalue weighted by atomic mass is 10.1. The minimum Gasteiger partial charge on any atom is -0.441 e. The fourth-order valence-corrected chi connectivity index (χ4v) is 2.15. The maximum absolute atomic E-state index is 5.43. The highest BCUT2D eigenvalue weighted by Crippen LogP contribution is 2.17. The molecule has 92 valence electrons. The van der Waals surface area contributed by atoms with Gasteiger partial charge < -0.3 is 9.73 Å². The van der Waals surface area contributed by atoms with Gasteiger partial charge in [0.15, 0.2) is 11.5 Å². The Morgan fingerprint density at radius 1 is 1.39 bits per heavy atom. The molecule has 1 N–H and O–H groups in total. The van der Waals surface area contributed by atoms with Crippen molar-refractivity contribution < 1.29 is 4.42 Å². The molecule has 0 atom stereocenters. The van der Waals surface area contributed by atoms with E-state index in [1.165, 1.54) is 17.1 Å². The van der Waals surface area contributed by atoms with Crippen molar-refractivity contribution in [1.82, 2.24) is 19.8 Å². The topological polar surface area (TPSA) is 76.7 Å². The molecule has 7 heteroatoms. The molecule has 0 radical (unpaired) electrons. The van der Waals surface area contributed by atoms with Crippen LogP contribution in [0.5, 0.6) is 0 Å². The van der Waals surface area contributed by atoms with Crippen LogP contribution < -0.4 is 5.32 Å². The molecule has 0 amide bonds. The van der Waals surface area contributed by atoms with Crippen molar-refractivity contribution in [1.29, 1.82) is 0 Å². The molecule has 6 nitrogen and oxygen atoms in total. The number of hydrogen-bond acceptors (Lipinski definition) is 7. The van der Waals surface area contributed by atoms with Crippen molar-refractivity contribution in [2.45, 2.75) is 13.3 Å². The number of hydrogen-bond donors (Lipinski definition) is 1. The molecular weight excluding hydrogens is 250 g/mol. The predicted octanol–water partition coefficient (Wildman–Crippen LogP) is 2.04. The predicted molar refractivity (Wildman–Crippen MR) is 68.6 cm³/mol. The van der Waals surface area contributed by atoms with Crippen molar-refractivity contribution >= 4 is 27.8 Å². The lowest BCUT2D eigenvalue weighted by Gasteiger charge is -2.01. The molecule has 0 aliphatic heterocycles. The van der Waals surface area contributed by atoms with Crippen molar-refractivity contribution in [3.05, 3.63) is 29.7 Å². The fraction of sp³-hybridized carbons (Fsp3) is 0.273. The second-order valence-electron chi connectivity index (χ2n) is 3.88. The minimum absolute atomic E-state index is 0.695. The Labute approximate surface area is 107 Å². The summed E-state index contributed by atoms with van der Waals surface area (Å²) in [6.45, 7) is 2.64. The number of benzene rings is 1. The van der Waals surface area contributed by atoms with Gasteiger partial charge in [-0.3, -0.25) is 0 Å². The average Bonchev–Trinajstić information content (AvgIpc) is 2.96. The molecule has 0 spiro atoms. The van der Waals surface area contributed by atoms with Gasteiger partial charge in [-0.05, 0) is 29.3 Å². The summed E-state index contributed by atoms with van der Waals surface area (Å²) in [5.41, 5.74) is 2.95. The molecule has 18 heavy (non-hydrogen) atoms. The molecule has 0 fully saturated rings. The van der Waals surface area contributed by atoms with E-state index in [1.54, 1.807) is 0 Å². The zero-order valence-electron chi connectivity index (χ0n) is 9.75. The Hall–Kier alpha value is -2.02. The standard InChI is InChI=1S/C11H11N5OS/c1-7-13-9-6-8(2-3-10(9)17-7)4-5-12-11-14-15-16-18-11/h2-3,6H,4-5H2,1H3,(H,12,14,16). The van der Waals surface area contributed by atoms with E-state index >= 15 is 0 Å². The first kappa shape index (κ1) is 11.1. The van der Waals surface area contributed by atoms with Gasteiger partial charge >= 0.3 is 0 Å². The van der Waals surface area contributed by atoms with E-state index in [-0.39, 0.29) is 0 Å². The third-order valence-corrected chi connectivity index (χ3v) is 3.10. The smallest absolute Gasteiger partial charge is 0.225 e. The number of nitrogens with one attached hydrogen (secondary N) is 1. The molecule has 3 rings (SSSR count). The Morgan fingerprint density at radius 2 is 2.33 bits per heavy atom. The molecule has 0 saturated carbocycles. The van der Waals surface area contributed by atoms with Gasteiger partial charge in [-0.15, -0.1) is 0 Å². The second kappa shape index (κ2) is 4.69. The van der Waals surface area contributed by atoms with Crippen LogP contribution in [0.2, 0.25) is 0 Å². The number of aryl methyl sites for hydroxylation is 1. The SMILES string of the molecule is Cc1nc2cc(CCNc3nnns3)ccc2o1. The highest BCUT2D eigenvalue weighted by molar-refractivity contribution is 7.09. The summed E-state index contributed by atoms with van der Waals surface area (Å²) in [5.74, 6) is 0.695. The van der Waals surface area contributed by atoms with E-state index < -0.39 is 0 Å². The number of nitrogens with zero attached hydrogens (tertiary/aromatic N) is 4. The van der Waals surface area contributed by atoms with Crippen LogP contribution in [0.3, 0.4) is 0 Å². The van der Waals surface area contributed by atoms with E-state index in [1.807, 2.05) is 25.1 Å². The Bertz CT molecular complexity index is 649. The molecule has 0 bridgehead atoms. The molecule has 0 unspecified atom stereocenters. The molecule has 0 saturated heterocycles. The first-order valence-electron chi connectivity index (χ1n) is 5.56. The van der Waals surface area contributed by atoms with E-state index in [2.05, 4.69) is 25.1 Å². The minimum atomic E-state index is 0.695. The highest BCUT2D eigenvalue weighted by Gasteiger charge is 2.03. The van der Waals surface area contributed by atoms with E-state index in [4.69, 9.17) is 4.42 Å². The van der Waals surface area contributed by atoms with Gasteiger partial charge in [-0.2, -0.15) is 0 Å². The molecule has 1 aromatic carbocycles. The molecule has 2 heterocycles. The number of anilines is 1. The van der Waals surface area contributed by atoms with Crippen LogP contribution in [0.4, 0.5) is 5.13 Å². The van der Waals surface area contributed by atoms with Crippen LogP contribution in [0.15, 0.2) is 22.6 Å².